The largest absolute Gasteiger partial charge is 0.391 e. The minimum Gasteiger partial charge on any atom is -0.391 e. The number of nitrogens with zero attached hydrogens (tertiary/aromatic N) is 2. The molecule has 0 spiro atoms. The Morgan fingerprint density at radius 2 is 2.00 bits per heavy atom. The van der Waals surface area contributed by atoms with E-state index in [1.807, 2.05) is 13.8 Å². The van der Waals surface area contributed by atoms with Crippen molar-refractivity contribution < 1.29 is 4.70 Å². The van der Waals surface area contributed by atoms with Crippen molar-refractivity contribution >= 4 is 6.21 Å². The highest BCUT2D eigenvalue weighted by atomic mass is 15.8. The van der Waals surface area contributed by atoms with Crippen LogP contribution in [-0.4, -0.2) is 17.0 Å². The molecule has 0 radical (unpaired) electrons. The van der Waals surface area contributed by atoms with E-state index in [0.29, 0.717) is 11.5 Å². The lowest BCUT2D eigenvalue weighted by atomic mass is 10.3. The van der Waals surface area contributed by atoms with E-state index in [2.05, 4.69) is 5.10 Å². The van der Waals surface area contributed by atoms with Crippen LogP contribution in [0.4, 0.5) is 0 Å². The molecule has 0 aromatic rings. The lowest BCUT2D eigenvalue weighted by molar-refractivity contribution is -0.929. The molecule has 0 amide bonds. The molecule has 5 heteroatoms. The molecule has 1 aliphatic rings. The number of allylic oxidation sites excluding steroid dienone is 1. The van der Waals surface area contributed by atoms with Gasteiger partial charge in [-0.25, -0.2) is 0 Å². The smallest absolute Gasteiger partial charge is 0.270 e. The fourth-order valence-corrected chi connectivity index (χ4v) is 0.904. The molecule has 0 saturated heterocycles. The second-order valence-electron chi connectivity index (χ2n) is 2.92. The zero-order valence-electron chi connectivity index (χ0n) is 6.78. The van der Waals surface area contributed by atoms with Crippen molar-refractivity contribution in [2.24, 2.45) is 22.4 Å². The summed E-state index contributed by atoms with van der Waals surface area (Å²) in [6.07, 6.45) is 1.50. The lowest BCUT2D eigenvalue weighted by Crippen LogP contribution is -2.54. The van der Waals surface area contributed by atoms with Crippen molar-refractivity contribution in [3.05, 3.63) is 11.5 Å². The quantitative estimate of drug-likeness (QED) is 0.342. The SMILES string of the molecule is CC(C)[N+]1(N)N=CC(N)=C1N. The molecule has 0 aromatic carbocycles. The third-order valence-electron chi connectivity index (χ3n) is 1.86. The molecule has 0 aliphatic carbocycles. The summed E-state index contributed by atoms with van der Waals surface area (Å²) in [7, 11) is 0. The molecule has 0 bridgehead atoms. The third kappa shape index (κ3) is 0.979. The summed E-state index contributed by atoms with van der Waals surface area (Å²) in [4.78, 5) is 0. The van der Waals surface area contributed by atoms with Crippen LogP contribution in [0, 0.1) is 0 Å². The van der Waals surface area contributed by atoms with Crippen molar-refractivity contribution in [1.82, 2.24) is 0 Å². The normalized spacial score (nSPS) is 30.5. The summed E-state index contributed by atoms with van der Waals surface area (Å²) >= 11 is 0. The predicted octanol–water partition coefficient (Wildman–Crippen LogP) is -0.829. The van der Waals surface area contributed by atoms with Gasteiger partial charge in [0.25, 0.3) is 5.82 Å². The Balaban J connectivity index is 3.02. The minimum absolute atomic E-state index is 0.104. The van der Waals surface area contributed by atoms with Gasteiger partial charge in [0.1, 0.15) is 18.0 Å². The summed E-state index contributed by atoms with van der Waals surface area (Å²) in [5, 5.41) is 4.00. The average Bonchev–Trinajstić information content (AvgIpc) is 2.18. The van der Waals surface area contributed by atoms with E-state index in [1.165, 1.54) is 6.21 Å². The standard InChI is InChI=1S/C6H14N5/c1-4(2)11(9)6(8)5(7)3-10-11/h3-4H,7-9H2,1-2H3/q+1. The summed E-state index contributed by atoms with van der Waals surface area (Å²) in [5.74, 6) is 6.23. The van der Waals surface area contributed by atoms with Gasteiger partial charge >= 0.3 is 0 Å². The van der Waals surface area contributed by atoms with E-state index >= 15 is 0 Å². The van der Waals surface area contributed by atoms with Crippen LogP contribution in [0.5, 0.6) is 0 Å². The number of hydrogen-bond donors (Lipinski definition) is 3. The Kier molecular flexibility index (Phi) is 1.62. The summed E-state index contributed by atoms with van der Waals surface area (Å²) < 4.78 is -0.119. The first kappa shape index (κ1) is 8.03. The van der Waals surface area contributed by atoms with Crippen LogP contribution in [-0.2, 0) is 0 Å². The van der Waals surface area contributed by atoms with Gasteiger partial charge in [-0.15, -0.1) is 5.84 Å². The van der Waals surface area contributed by atoms with E-state index in [0.717, 1.165) is 0 Å². The first-order valence-electron chi connectivity index (χ1n) is 3.47. The fourth-order valence-electron chi connectivity index (χ4n) is 0.904. The van der Waals surface area contributed by atoms with Crippen LogP contribution >= 0.6 is 0 Å². The van der Waals surface area contributed by atoms with Gasteiger partial charge in [-0.1, -0.05) is 9.80 Å². The summed E-state index contributed by atoms with van der Waals surface area (Å²) in [5.41, 5.74) is 11.6. The molecule has 5 nitrogen and oxygen atoms in total. The minimum atomic E-state index is -0.119. The van der Waals surface area contributed by atoms with Gasteiger partial charge in [-0.3, -0.25) is 0 Å². The van der Waals surface area contributed by atoms with Gasteiger partial charge < -0.3 is 11.5 Å². The first-order valence-corrected chi connectivity index (χ1v) is 3.47. The van der Waals surface area contributed by atoms with E-state index in [-0.39, 0.29) is 10.7 Å². The maximum Gasteiger partial charge on any atom is 0.270 e. The maximum absolute atomic E-state index is 5.81. The molecule has 62 valence electrons. The van der Waals surface area contributed by atoms with E-state index in [4.69, 9.17) is 17.3 Å². The second-order valence-corrected chi connectivity index (χ2v) is 2.92. The van der Waals surface area contributed by atoms with Crippen molar-refractivity contribution in [3.63, 3.8) is 0 Å². The highest BCUT2D eigenvalue weighted by Crippen LogP contribution is 2.18. The number of hydrogen-bond acceptors (Lipinski definition) is 4. The van der Waals surface area contributed by atoms with Crippen molar-refractivity contribution in [1.29, 1.82) is 0 Å². The topological polar surface area (TPSA) is 90.4 Å². The van der Waals surface area contributed by atoms with Crippen LogP contribution in [0.2, 0.25) is 0 Å². The molecule has 0 saturated carbocycles. The van der Waals surface area contributed by atoms with Gasteiger partial charge in [-0.2, -0.15) is 0 Å². The Bertz CT molecular complexity index is 229. The summed E-state index contributed by atoms with van der Waals surface area (Å²) in [6.45, 7) is 3.87. The van der Waals surface area contributed by atoms with Gasteiger partial charge in [0.15, 0.2) is 0 Å². The molecule has 1 atom stereocenters. The van der Waals surface area contributed by atoms with E-state index in [1.54, 1.807) is 0 Å². The third-order valence-corrected chi connectivity index (χ3v) is 1.86. The molecule has 1 aliphatic heterocycles. The molecule has 0 fully saturated rings. The molecule has 1 unspecified atom stereocenters. The van der Waals surface area contributed by atoms with Gasteiger partial charge in [0, 0.05) is 0 Å². The average molecular weight is 156 g/mol. The molecule has 0 aromatic heterocycles. The number of quaternary nitrogens is 1. The fraction of sp³-hybridized carbons (Fsp3) is 0.500. The van der Waals surface area contributed by atoms with Crippen LogP contribution in [0.3, 0.4) is 0 Å². The van der Waals surface area contributed by atoms with Crippen LogP contribution in [0.1, 0.15) is 13.8 Å². The van der Waals surface area contributed by atoms with Crippen molar-refractivity contribution in [2.75, 3.05) is 0 Å². The van der Waals surface area contributed by atoms with E-state index < -0.39 is 0 Å². The Hall–Kier alpha value is -1.07. The van der Waals surface area contributed by atoms with Crippen molar-refractivity contribution in [2.45, 2.75) is 19.9 Å². The van der Waals surface area contributed by atoms with E-state index in [9.17, 15) is 0 Å². The zero-order chi connectivity index (χ0) is 8.65. The molecule has 6 N–H and O–H groups in total. The number of rotatable bonds is 1. The number of nitrogens with two attached hydrogens (primary N) is 3. The molecule has 11 heavy (non-hydrogen) atoms. The van der Waals surface area contributed by atoms with Crippen LogP contribution in [0.25, 0.3) is 0 Å². The Labute approximate surface area is 65.7 Å². The Morgan fingerprint density at radius 1 is 1.45 bits per heavy atom. The van der Waals surface area contributed by atoms with Crippen LogP contribution < -0.4 is 17.3 Å². The molecule has 1 heterocycles. The van der Waals surface area contributed by atoms with Gasteiger partial charge in [0.2, 0.25) is 0 Å². The predicted molar refractivity (Wildman–Crippen MR) is 43.5 cm³/mol. The monoisotopic (exact) mass is 156 g/mol. The molecular formula is C6H14N5+. The maximum atomic E-state index is 5.81. The van der Waals surface area contributed by atoms with Gasteiger partial charge in [0.05, 0.1) is 0 Å². The lowest BCUT2D eigenvalue weighted by Gasteiger charge is -2.25. The Morgan fingerprint density at radius 3 is 2.18 bits per heavy atom. The highest BCUT2D eigenvalue weighted by molar-refractivity contribution is 5.78. The van der Waals surface area contributed by atoms with Gasteiger partial charge in [-0.05, 0) is 13.8 Å². The first-order chi connectivity index (χ1) is 4.98. The molecular weight excluding hydrogens is 142 g/mol. The van der Waals surface area contributed by atoms with Crippen LogP contribution in [0.15, 0.2) is 16.6 Å². The molecule has 1 rings (SSSR count). The second kappa shape index (κ2) is 2.21. The zero-order valence-corrected chi connectivity index (χ0v) is 6.78. The van der Waals surface area contributed by atoms with Crippen molar-refractivity contribution in [3.8, 4) is 0 Å². The highest BCUT2D eigenvalue weighted by Gasteiger charge is 2.37. The summed E-state index contributed by atoms with van der Waals surface area (Å²) in [6, 6.07) is 0.104.